The number of fused-ring (bicyclic) bond motifs is 1. The summed E-state index contributed by atoms with van der Waals surface area (Å²) < 4.78 is 10.9. The minimum atomic E-state index is -0.325. The van der Waals surface area contributed by atoms with Crippen molar-refractivity contribution in [2.24, 2.45) is 0 Å². The summed E-state index contributed by atoms with van der Waals surface area (Å²) >= 11 is 0. The standard InChI is InChI=1S/C11H10N4O3/c16-10(14-11-12-6-13-15-11)7-2-1-3-8-9(7)18-5-4-17-8/h1-3,6H,4-5H2,(H2,12,13,14,15,16). The summed E-state index contributed by atoms with van der Waals surface area (Å²) in [7, 11) is 0. The zero-order valence-electron chi connectivity index (χ0n) is 9.34. The third-order valence-electron chi connectivity index (χ3n) is 2.46. The Hall–Kier alpha value is -2.57. The van der Waals surface area contributed by atoms with E-state index in [9.17, 15) is 4.79 Å². The Kier molecular flexibility index (Phi) is 2.56. The number of amides is 1. The molecule has 92 valence electrons. The minimum Gasteiger partial charge on any atom is -0.486 e. The fraction of sp³-hybridized carbons (Fsp3) is 0.182. The van der Waals surface area contributed by atoms with Crippen LogP contribution in [-0.2, 0) is 0 Å². The molecule has 1 aliphatic rings. The van der Waals surface area contributed by atoms with Crippen molar-refractivity contribution in [3.8, 4) is 11.5 Å². The molecule has 0 saturated carbocycles. The summed E-state index contributed by atoms with van der Waals surface area (Å²) in [6.07, 6.45) is 1.32. The van der Waals surface area contributed by atoms with Gasteiger partial charge in [-0.05, 0) is 12.1 Å². The highest BCUT2D eigenvalue weighted by Crippen LogP contribution is 2.33. The number of H-pyrrole nitrogens is 1. The van der Waals surface area contributed by atoms with Gasteiger partial charge in [-0.15, -0.1) is 0 Å². The molecule has 0 atom stereocenters. The summed E-state index contributed by atoms with van der Waals surface area (Å²) in [5, 5.41) is 8.79. The highest BCUT2D eigenvalue weighted by atomic mass is 16.6. The van der Waals surface area contributed by atoms with Gasteiger partial charge in [0.25, 0.3) is 5.91 Å². The molecule has 2 aromatic rings. The number of ether oxygens (including phenoxy) is 2. The monoisotopic (exact) mass is 246 g/mol. The molecule has 7 heteroatoms. The second kappa shape index (κ2) is 4.36. The van der Waals surface area contributed by atoms with Gasteiger partial charge < -0.3 is 9.47 Å². The minimum absolute atomic E-state index is 0.286. The van der Waals surface area contributed by atoms with E-state index in [1.54, 1.807) is 18.2 Å². The van der Waals surface area contributed by atoms with E-state index in [2.05, 4.69) is 20.5 Å². The lowest BCUT2D eigenvalue weighted by atomic mass is 10.1. The lowest BCUT2D eigenvalue weighted by Crippen LogP contribution is -2.20. The van der Waals surface area contributed by atoms with Gasteiger partial charge in [0.1, 0.15) is 19.5 Å². The first-order valence-corrected chi connectivity index (χ1v) is 5.40. The van der Waals surface area contributed by atoms with Gasteiger partial charge in [0, 0.05) is 0 Å². The molecule has 3 rings (SSSR count). The molecule has 7 nitrogen and oxygen atoms in total. The lowest BCUT2D eigenvalue weighted by Gasteiger charge is -2.20. The van der Waals surface area contributed by atoms with E-state index < -0.39 is 0 Å². The van der Waals surface area contributed by atoms with Gasteiger partial charge in [-0.25, -0.2) is 5.10 Å². The number of nitrogens with zero attached hydrogens (tertiary/aromatic N) is 2. The van der Waals surface area contributed by atoms with Gasteiger partial charge in [0.05, 0.1) is 5.56 Å². The molecule has 0 unspecified atom stereocenters. The number of hydrogen-bond donors (Lipinski definition) is 2. The van der Waals surface area contributed by atoms with Crippen LogP contribution in [0.2, 0.25) is 0 Å². The van der Waals surface area contributed by atoms with Crippen LogP contribution in [0.4, 0.5) is 5.95 Å². The molecule has 2 heterocycles. The predicted octanol–water partition coefficient (Wildman–Crippen LogP) is 0.828. The van der Waals surface area contributed by atoms with Crippen LogP contribution in [0, 0.1) is 0 Å². The second-order valence-electron chi connectivity index (χ2n) is 3.62. The highest BCUT2D eigenvalue weighted by Gasteiger charge is 2.20. The summed E-state index contributed by atoms with van der Waals surface area (Å²) in [6, 6.07) is 5.17. The largest absolute Gasteiger partial charge is 0.486 e. The molecule has 0 spiro atoms. The maximum Gasteiger partial charge on any atom is 0.261 e. The maximum absolute atomic E-state index is 12.0. The van der Waals surface area contributed by atoms with Crippen molar-refractivity contribution in [1.29, 1.82) is 0 Å². The normalized spacial score (nSPS) is 13.1. The Labute approximate surface area is 102 Å². The van der Waals surface area contributed by atoms with Crippen molar-refractivity contribution in [3.63, 3.8) is 0 Å². The van der Waals surface area contributed by atoms with Crippen molar-refractivity contribution in [3.05, 3.63) is 30.1 Å². The highest BCUT2D eigenvalue weighted by molar-refractivity contribution is 6.05. The van der Waals surface area contributed by atoms with Crippen LogP contribution in [0.15, 0.2) is 24.5 Å². The first kappa shape index (κ1) is 10.6. The molecular formula is C11H10N4O3. The zero-order chi connectivity index (χ0) is 12.4. The Bertz CT molecular complexity index is 568. The van der Waals surface area contributed by atoms with E-state index in [0.717, 1.165) is 0 Å². The van der Waals surface area contributed by atoms with Crippen LogP contribution in [0.25, 0.3) is 0 Å². The van der Waals surface area contributed by atoms with E-state index in [0.29, 0.717) is 30.3 Å². The Morgan fingerprint density at radius 3 is 3.06 bits per heavy atom. The predicted molar refractivity (Wildman–Crippen MR) is 61.8 cm³/mol. The molecule has 1 aromatic carbocycles. The SMILES string of the molecule is O=C(Nc1ncn[nH]1)c1cccc2c1OCCO2. The van der Waals surface area contributed by atoms with Crippen LogP contribution in [0.1, 0.15) is 10.4 Å². The Morgan fingerprint density at radius 2 is 2.22 bits per heavy atom. The van der Waals surface area contributed by atoms with Crippen LogP contribution in [0.5, 0.6) is 11.5 Å². The first-order chi connectivity index (χ1) is 8.84. The average Bonchev–Trinajstić information content (AvgIpc) is 2.91. The van der Waals surface area contributed by atoms with Crippen LogP contribution in [0.3, 0.4) is 0 Å². The zero-order valence-corrected chi connectivity index (χ0v) is 9.34. The molecule has 0 bridgehead atoms. The topological polar surface area (TPSA) is 89.1 Å². The number of nitrogens with one attached hydrogen (secondary N) is 2. The molecule has 0 fully saturated rings. The summed E-state index contributed by atoms with van der Waals surface area (Å²) in [5.74, 6) is 0.996. The van der Waals surface area contributed by atoms with Gasteiger partial charge in [-0.1, -0.05) is 6.07 Å². The summed E-state index contributed by atoms with van der Waals surface area (Å²) in [5.41, 5.74) is 0.406. The fourth-order valence-corrected chi connectivity index (χ4v) is 1.69. The smallest absolute Gasteiger partial charge is 0.261 e. The van der Waals surface area contributed by atoms with Crippen molar-refractivity contribution in [2.45, 2.75) is 0 Å². The van der Waals surface area contributed by atoms with Gasteiger partial charge in [-0.2, -0.15) is 10.1 Å². The van der Waals surface area contributed by atoms with Crippen LogP contribution >= 0.6 is 0 Å². The van der Waals surface area contributed by atoms with E-state index in [4.69, 9.17) is 9.47 Å². The maximum atomic E-state index is 12.0. The van der Waals surface area contributed by atoms with Gasteiger partial charge in [0.15, 0.2) is 11.5 Å². The quantitative estimate of drug-likeness (QED) is 0.819. The summed E-state index contributed by atoms with van der Waals surface area (Å²) in [4.78, 5) is 15.9. The number of anilines is 1. The molecule has 1 aliphatic heterocycles. The number of carbonyl (C=O) groups is 1. The van der Waals surface area contributed by atoms with E-state index in [-0.39, 0.29) is 11.9 Å². The number of para-hydroxylation sites is 1. The van der Waals surface area contributed by atoms with E-state index >= 15 is 0 Å². The van der Waals surface area contributed by atoms with Crippen molar-refractivity contribution in [1.82, 2.24) is 15.2 Å². The molecule has 18 heavy (non-hydrogen) atoms. The summed E-state index contributed by atoms with van der Waals surface area (Å²) in [6.45, 7) is 0.916. The van der Waals surface area contributed by atoms with Crippen LogP contribution in [-0.4, -0.2) is 34.3 Å². The molecular weight excluding hydrogens is 236 g/mol. The van der Waals surface area contributed by atoms with Crippen molar-refractivity contribution < 1.29 is 14.3 Å². The van der Waals surface area contributed by atoms with Crippen LogP contribution < -0.4 is 14.8 Å². The third kappa shape index (κ3) is 1.86. The van der Waals surface area contributed by atoms with Gasteiger partial charge >= 0.3 is 0 Å². The lowest BCUT2D eigenvalue weighted by molar-refractivity contribution is 0.101. The number of hydrogen-bond acceptors (Lipinski definition) is 5. The Balaban J connectivity index is 1.89. The number of rotatable bonds is 2. The first-order valence-electron chi connectivity index (χ1n) is 5.40. The van der Waals surface area contributed by atoms with Gasteiger partial charge in [0.2, 0.25) is 5.95 Å². The molecule has 2 N–H and O–H groups in total. The molecule has 1 aromatic heterocycles. The Morgan fingerprint density at radius 1 is 1.33 bits per heavy atom. The molecule has 1 amide bonds. The second-order valence-corrected chi connectivity index (χ2v) is 3.62. The fourth-order valence-electron chi connectivity index (χ4n) is 1.69. The average molecular weight is 246 g/mol. The molecule has 0 aliphatic carbocycles. The van der Waals surface area contributed by atoms with Crippen molar-refractivity contribution in [2.75, 3.05) is 18.5 Å². The van der Waals surface area contributed by atoms with Gasteiger partial charge in [-0.3, -0.25) is 10.1 Å². The number of benzene rings is 1. The third-order valence-corrected chi connectivity index (χ3v) is 2.46. The number of carbonyl (C=O) groups excluding carboxylic acids is 1. The molecule has 0 saturated heterocycles. The number of aromatic amines is 1. The van der Waals surface area contributed by atoms with Crippen molar-refractivity contribution >= 4 is 11.9 Å². The number of aromatic nitrogens is 3. The van der Waals surface area contributed by atoms with E-state index in [1.165, 1.54) is 6.33 Å². The van der Waals surface area contributed by atoms with E-state index in [1.807, 2.05) is 0 Å². The molecule has 0 radical (unpaired) electrons.